The van der Waals surface area contributed by atoms with E-state index in [-0.39, 0.29) is 0 Å². The van der Waals surface area contributed by atoms with Gasteiger partial charge in [-0.15, -0.1) is 0 Å². The normalized spacial score (nSPS) is 11.1. The molecule has 0 saturated heterocycles. The van der Waals surface area contributed by atoms with Crippen molar-refractivity contribution in [2.24, 2.45) is 0 Å². The highest BCUT2D eigenvalue weighted by atomic mass is 16.5. The number of hydrogen-bond donors (Lipinski definition) is 0. The van der Waals surface area contributed by atoms with E-state index in [0.29, 0.717) is 0 Å². The van der Waals surface area contributed by atoms with Crippen LogP contribution in [0.5, 0.6) is 11.5 Å². The summed E-state index contributed by atoms with van der Waals surface area (Å²) in [6.45, 7) is 3.60. The number of nitrogens with zero attached hydrogens (tertiary/aromatic N) is 3. The van der Waals surface area contributed by atoms with E-state index >= 15 is 0 Å². The molecule has 24 heavy (non-hydrogen) atoms. The molecule has 0 radical (unpaired) electrons. The first-order chi connectivity index (χ1) is 11.6. The fraction of sp³-hybridized carbons (Fsp3) is 0.421. The lowest BCUT2D eigenvalue weighted by atomic mass is 10.1. The molecule has 0 aliphatic heterocycles. The molecule has 5 nitrogen and oxygen atoms in total. The molecule has 0 saturated carbocycles. The van der Waals surface area contributed by atoms with Crippen LogP contribution in [0.3, 0.4) is 0 Å². The van der Waals surface area contributed by atoms with Crippen LogP contribution in [0.15, 0.2) is 42.7 Å². The predicted molar refractivity (Wildman–Crippen MR) is 96.5 cm³/mol. The lowest BCUT2D eigenvalue weighted by Gasteiger charge is -2.25. The third kappa shape index (κ3) is 5.51. The molecule has 1 aromatic carbocycles. The number of hydrogen-bond acceptors (Lipinski definition) is 5. The molecule has 0 unspecified atom stereocenters. The quantitative estimate of drug-likeness (QED) is 0.707. The van der Waals surface area contributed by atoms with Crippen LogP contribution in [-0.2, 0) is 13.1 Å². The molecule has 2 rings (SSSR count). The van der Waals surface area contributed by atoms with E-state index in [9.17, 15) is 0 Å². The van der Waals surface area contributed by atoms with Crippen molar-refractivity contribution in [2.45, 2.75) is 13.1 Å². The molecule has 130 valence electrons. The molecule has 2 aromatic rings. The Kier molecular flexibility index (Phi) is 7.03. The van der Waals surface area contributed by atoms with Crippen LogP contribution in [0.2, 0.25) is 0 Å². The third-order valence-corrected chi connectivity index (χ3v) is 3.87. The summed E-state index contributed by atoms with van der Waals surface area (Å²) in [5, 5.41) is 0. The van der Waals surface area contributed by atoms with Gasteiger partial charge >= 0.3 is 0 Å². The summed E-state index contributed by atoms with van der Waals surface area (Å²) < 4.78 is 10.9. The molecule has 5 heteroatoms. The Balaban J connectivity index is 2.17. The van der Waals surface area contributed by atoms with E-state index in [2.05, 4.69) is 34.9 Å². The fourth-order valence-electron chi connectivity index (χ4n) is 2.55. The van der Waals surface area contributed by atoms with Crippen LogP contribution in [0.1, 0.15) is 11.1 Å². The Morgan fingerprint density at radius 3 is 2.46 bits per heavy atom. The smallest absolute Gasteiger partial charge is 0.123 e. The molecule has 0 fully saturated rings. The van der Waals surface area contributed by atoms with Crippen molar-refractivity contribution in [3.63, 3.8) is 0 Å². The second kappa shape index (κ2) is 9.25. The maximum Gasteiger partial charge on any atom is 0.123 e. The summed E-state index contributed by atoms with van der Waals surface area (Å²) in [5.74, 6) is 1.73. The Morgan fingerprint density at radius 1 is 1.00 bits per heavy atom. The van der Waals surface area contributed by atoms with Gasteiger partial charge in [0.2, 0.25) is 0 Å². The molecule has 0 aliphatic carbocycles. The highest BCUT2D eigenvalue weighted by Crippen LogP contribution is 2.25. The number of rotatable bonds is 9. The molecule has 0 spiro atoms. The van der Waals surface area contributed by atoms with Gasteiger partial charge in [-0.25, -0.2) is 0 Å². The first-order valence-electron chi connectivity index (χ1n) is 8.09. The van der Waals surface area contributed by atoms with Crippen LogP contribution in [0.25, 0.3) is 0 Å². The third-order valence-electron chi connectivity index (χ3n) is 3.87. The number of methoxy groups -OCH3 is 2. The van der Waals surface area contributed by atoms with Crippen molar-refractivity contribution in [1.82, 2.24) is 14.8 Å². The monoisotopic (exact) mass is 329 g/mol. The van der Waals surface area contributed by atoms with Gasteiger partial charge in [0, 0.05) is 44.1 Å². The molecular formula is C19H27N3O2. The lowest BCUT2D eigenvalue weighted by Crippen LogP contribution is -2.31. The standard InChI is InChI=1S/C19H27N3O2/c1-21(2)10-11-22(14-16-6-5-9-20-13-16)15-17-12-18(23-3)7-8-19(17)24-4/h5-9,12-13H,10-11,14-15H2,1-4H3. The maximum absolute atomic E-state index is 5.52. The fourth-order valence-corrected chi connectivity index (χ4v) is 2.55. The van der Waals surface area contributed by atoms with Crippen molar-refractivity contribution < 1.29 is 9.47 Å². The van der Waals surface area contributed by atoms with Gasteiger partial charge < -0.3 is 14.4 Å². The minimum absolute atomic E-state index is 0.795. The SMILES string of the molecule is COc1ccc(OC)c(CN(CCN(C)C)Cc2cccnc2)c1. The van der Waals surface area contributed by atoms with Crippen LogP contribution >= 0.6 is 0 Å². The van der Waals surface area contributed by atoms with Gasteiger partial charge in [-0.3, -0.25) is 9.88 Å². The first-order valence-corrected chi connectivity index (χ1v) is 8.09. The van der Waals surface area contributed by atoms with E-state index in [4.69, 9.17) is 9.47 Å². The van der Waals surface area contributed by atoms with E-state index in [1.165, 1.54) is 5.56 Å². The second-order valence-corrected chi connectivity index (χ2v) is 6.05. The predicted octanol–water partition coefficient (Wildman–Crippen LogP) is 2.66. The molecule has 1 heterocycles. The minimum atomic E-state index is 0.795. The van der Waals surface area contributed by atoms with E-state index in [0.717, 1.165) is 43.2 Å². The zero-order valence-corrected chi connectivity index (χ0v) is 15.0. The van der Waals surface area contributed by atoms with Crippen molar-refractivity contribution in [1.29, 1.82) is 0 Å². The summed E-state index contributed by atoms with van der Waals surface area (Å²) in [7, 11) is 7.57. The van der Waals surface area contributed by atoms with Gasteiger partial charge in [-0.1, -0.05) is 6.07 Å². The maximum atomic E-state index is 5.52. The summed E-state index contributed by atoms with van der Waals surface area (Å²) in [6.07, 6.45) is 3.73. The van der Waals surface area contributed by atoms with Crippen molar-refractivity contribution in [2.75, 3.05) is 41.4 Å². The molecular weight excluding hydrogens is 302 g/mol. The van der Waals surface area contributed by atoms with Gasteiger partial charge in [-0.2, -0.15) is 0 Å². The van der Waals surface area contributed by atoms with Crippen LogP contribution in [0, 0.1) is 0 Å². The van der Waals surface area contributed by atoms with Gasteiger partial charge in [0.25, 0.3) is 0 Å². The minimum Gasteiger partial charge on any atom is -0.497 e. The lowest BCUT2D eigenvalue weighted by molar-refractivity contribution is 0.223. The summed E-state index contributed by atoms with van der Waals surface area (Å²) in [5.41, 5.74) is 2.33. The Bertz CT molecular complexity index is 617. The van der Waals surface area contributed by atoms with Crippen molar-refractivity contribution in [3.05, 3.63) is 53.9 Å². The van der Waals surface area contributed by atoms with E-state index < -0.39 is 0 Å². The average molecular weight is 329 g/mol. The first kappa shape index (κ1) is 18.2. The zero-order valence-electron chi connectivity index (χ0n) is 15.0. The number of pyridine rings is 1. The van der Waals surface area contributed by atoms with Crippen molar-refractivity contribution >= 4 is 0 Å². The van der Waals surface area contributed by atoms with Gasteiger partial charge in [-0.05, 0) is 43.9 Å². The molecule has 1 aromatic heterocycles. The number of benzene rings is 1. The van der Waals surface area contributed by atoms with Crippen molar-refractivity contribution in [3.8, 4) is 11.5 Å². The van der Waals surface area contributed by atoms with Crippen LogP contribution in [-0.4, -0.2) is 56.2 Å². The second-order valence-electron chi connectivity index (χ2n) is 6.05. The van der Waals surface area contributed by atoms with E-state index in [1.54, 1.807) is 20.4 Å². The van der Waals surface area contributed by atoms with E-state index in [1.807, 2.05) is 30.5 Å². The molecule has 0 atom stereocenters. The van der Waals surface area contributed by atoms with Gasteiger partial charge in [0.15, 0.2) is 0 Å². The highest BCUT2D eigenvalue weighted by molar-refractivity contribution is 5.40. The largest absolute Gasteiger partial charge is 0.497 e. The van der Waals surface area contributed by atoms with Gasteiger partial charge in [0.05, 0.1) is 14.2 Å². The Hall–Kier alpha value is -2.11. The molecule has 0 aliphatic rings. The zero-order chi connectivity index (χ0) is 17.4. The summed E-state index contributed by atoms with van der Waals surface area (Å²) in [6, 6.07) is 10.0. The number of aromatic nitrogens is 1. The Labute approximate surface area is 144 Å². The Morgan fingerprint density at radius 2 is 1.83 bits per heavy atom. The average Bonchev–Trinajstić information content (AvgIpc) is 2.60. The summed E-state index contributed by atoms with van der Waals surface area (Å²) >= 11 is 0. The highest BCUT2D eigenvalue weighted by Gasteiger charge is 2.12. The van der Waals surface area contributed by atoms with Crippen LogP contribution in [0.4, 0.5) is 0 Å². The number of likely N-dealkylation sites (N-methyl/N-ethyl adjacent to an activating group) is 1. The topological polar surface area (TPSA) is 37.8 Å². The number of ether oxygens (including phenoxy) is 2. The molecule has 0 N–H and O–H groups in total. The molecule has 0 bridgehead atoms. The molecule has 0 amide bonds. The van der Waals surface area contributed by atoms with Gasteiger partial charge in [0.1, 0.15) is 11.5 Å². The summed E-state index contributed by atoms with van der Waals surface area (Å²) in [4.78, 5) is 8.81. The van der Waals surface area contributed by atoms with Crippen LogP contribution < -0.4 is 9.47 Å².